The largest absolute Gasteiger partial charge is 0.478 e. The summed E-state index contributed by atoms with van der Waals surface area (Å²) in [5.74, 6) is -2.29. The van der Waals surface area contributed by atoms with Gasteiger partial charge in [-0.05, 0) is 36.4 Å². The van der Waals surface area contributed by atoms with Crippen molar-refractivity contribution in [1.82, 2.24) is 0 Å². The summed E-state index contributed by atoms with van der Waals surface area (Å²) in [5, 5.41) is 27.2. The molecule has 27 heavy (non-hydrogen) atoms. The molecule has 0 aromatic heterocycles. The Labute approximate surface area is 152 Å². The number of carboxylic acids is 1. The van der Waals surface area contributed by atoms with Crippen LogP contribution in [0.2, 0.25) is 0 Å². The zero-order chi connectivity index (χ0) is 20.2. The fraction of sp³-hybridized carbons (Fsp3) is 0.0667. The van der Waals surface area contributed by atoms with Crippen LogP contribution in [0.4, 0.5) is 11.4 Å². The molecular weight excluding hydrogens is 382 g/mol. The highest BCUT2D eigenvalue weighted by molar-refractivity contribution is 7.89. The average molecular weight is 395 g/mol. The third kappa shape index (κ3) is 5.23. The van der Waals surface area contributed by atoms with E-state index in [1.165, 1.54) is 24.3 Å². The van der Waals surface area contributed by atoms with Gasteiger partial charge in [-0.1, -0.05) is 0 Å². The zero-order valence-electron chi connectivity index (χ0n) is 13.5. The van der Waals surface area contributed by atoms with E-state index < -0.39 is 39.1 Å². The Hall–Kier alpha value is -3.51. The van der Waals surface area contributed by atoms with Gasteiger partial charge in [-0.15, -0.1) is 0 Å². The Morgan fingerprint density at radius 1 is 1.19 bits per heavy atom. The van der Waals surface area contributed by atoms with E-state index in [1.807, 2.05) is 0 Å². The minimum atomic E-state index is -3.86. The summed E-state index contributed by atoms with van der Waals surface area (Å²) in [6.07, 6.45) is 0. The normalized spacial score (nSPS) is 10.9. The molecule has 0 heterocycles. The summed E-state index contributed by atoms with van der Waals surface area (Å²) in [6, 6.07) is 8.01. The van der Waals surface area contributed by atoms with Gasteiger partial charge in [0, 0.05) is 11.8 Å². The lowest BCUT2D eigenvalue weighted by Crippen LogP contribution is -2.20. The first kappa shape index (κ1) is 19.8. The Balaban J connectivity index is 2.05. The molecule has 4 N–H and O–H groups in total. The molecular formula is C15H13N3O8S. The predicted octanol–water partition coefficient (Wildman–Crippen LogP) is 0.958. The van der Waals surface area contributed by atoms with Crippen molar-refractivity contribution in [3.8, 4) is 5.75 Å². The number of anilines is 1. The average Bonchev–Trinajstić information content (AvgIpc) is 2.59. The van der Waals surface area contributed by atoms with Crippen molar-refractivity contribution in [2.24, 2.45) is 5.14 Å². The van der Waals surface area contributed by atoms with Crippen molar-refractivity contribution in [3.63, 3.8) is 0 Å². The number of hydrogen-bond acceptors (Lipinski definition) is 7. The van der Waals surface area contributed by atoms with Gasteiger partial charge in [-0.2, -0.15) is 0 Å². The van der Waals surface area contributed by atoms with Crippen molar-refractivity contribution in [2.75, 3.05) is 11.9 Å². The molecule has 2 aromatic carbocycles. The summed E-state index contributed by atoms with van der Waals surface area (Å²) >= 11 is 0. The lowest BCUT2D eigenvalue weighted by Gasteiger charge is -2.09. The van der Waals surface area contributed by atoms with Gasteiger partial charge in [-0.25, -0.2) is 18.4 Å². The third-order valence-corrected chi connectivity index (χ3v) is 4.16. The molecule has 1 amide bonds. The van der Waals surface area contributed by atoms with Gasteiger partial charge in [0.25, 0.3) is 5.91 Å². The maximum Gasteiger partial charge on any atom is 0.335 e. The molecule has 0 saturated heterocycles. The molecule has 0 bridgehead atoms. The van der Waals surface area contributed by atoms with Crippen LogP contribution in [0.25, 0.3) is 0 Å². The number of hydrogen-bond donors (Lipinski definition) is 3. The third-order valence-electron chi connectivity index (χ3n) is 3.23. The van der Waals surface area contributed by atoms with E-state index in [-0.39, 0.29) is 21.9 Å². The molecule has 0 aliphatic rings. The number of nitrogens with two attached hydrogens (primary N) is 1. The minimum absolute atomic E-state index is 0.133. The number of nitrogens with one attached hydrogen (secondary N) is 1. The highest BCUT2D eigenvalue weighted by Crippen LogP contribution is 2.28. The van der Waals surface area contributed by atoms with Crippen molar-refractivity contribution < 1.29 is 32.8 Å². The van der Waals surface area contributed by atoms with Gasteiger partial charge < -0.3 is 15.2 Å². The zero-order valence-corrected chi connectivity index (χ0v) is 14.3. The van der Waals surface area contributed by atoms with Gasteiger partial charge in [0.2, 0.25) is 10.0 Å². The second kappa shape index (κ2) is 7.80. The monoisotopic (exact) mass is 395 g/mol. The number of benzene rings is 2. The van der Waals surface area contributed by atoms with Crippen molar-refractivity contribution in [1.29, 1.82) is 0 Å². The summed E-state index contributed by atoms with van der Waals surface area (Å²) in [7, 11) is -3.86. The molecule has 0 fully saturated rings. The highest BCUT2D eigenvalue weighted by atomic mass is 32.2. The molecule has 0 spiro atoms. The van der Waals surface area contributed by atoms with Crippen LogP contribution in [-0.2, 0) is 14.8 Å². The Bertz CT molecular complexity index is 1000. The van der Waals surface area contributed by atoms with E-state index in [0.29, 0.717) is 0 Å². The van der Waals surface area contributed by atoms with Crippen LogP contribution in [0.3, 0.4) is 0 Å². The SMILES string of the molecule is NS(=O)(=O)c1ccc(NC(=O)COc2ccc(C(=O)O)cc2[N+](=O)[O-])cc1. The van der Waals surface area contributed by atoms with Crippen LogP contribution in [0, 0.1) is 10.1 Å². The summed E-state index contributed by atoms with van der Waals surface area (Å²) in [5.41, 5.74) is -0.639. The van der Waals surface area contributed by atoms with Gasteiger partial charge >= 0.3 is 11.7 Å². The van der Waals surface area contributed by atoms with Crippen LogP contribution >= 0.6 is 0 Å². The molecule has 11 nitrogen and oxygen atoms in total. The molecule has 142 valence electrons. The van der Waals surface area contributed by atoms with Crippen molar-refractivity contribution >= 4 is 33.3 Å². The smallest absolute Gasteiger partial charge is 0.335 e. The van der Waals surface area contributed by atoms with E-state index in [0.717, 1.165) is 18.2 Å². The molecule has 2 aromatic rings. The molecule has 0 unspecified atom stereocenters. The lowest BCUT2D eigenvalue weighted by molar-refractivity contribution is -0.385. The minimum Gasteiger partial charge on any atom is -0.478 e. The van der Waals surface area contributed by atoms with Crippen LogP contribution < -0.4 is 15.2 Å². The maximum absolute atomic E-state index is 11.9. The first-order chi connectivity index (χ1) is 12.6. The number of carboxylic acid groups (broad SMARTS) is 1. The van der Waals surface area contributed by atoms with Gasteiger partial charge in [-0.3, -0.25) is 14.9 Å². The number of aromatic carboxylic acids is 1. The summed E-state index contributed by atoms with van der Waals surface area (Å²) in [6.45, 7) is -0.593. The molecule has 2 rings (SSSR count). The van der Waals surface area contributed by atoms with Crippen molar-refractivity contribution in [2.45, 2.75) is 4.90 Å². The predicted molar refractivity (Wildman–Crippen MR) is 92.0 cm³/mol. The number of primary sulfonamides is 1. The van der Waals surface area contributed by atoms with Crippen LogP contribution in [0.5, 0.6) is 5.75 Å². The number of rotatable bonds is 7. The molecule has 0 aliphatic carbocycles. The molecule has 0 saturated carbocycles. The highest BCUT2D eigenvalue weighted by Gasteiger charge is 2.19. The molecule has 0 radical (unpaired) electrons. The number of nitro benzene ring substituents is 1. The fourth-order valence-corrected chi connectivity index (χ4v) is 2.50. The van der Waals surface area contributed by atoms with E-state index in [4.69, 9.17) is 15.0 Å². The quantitative estimate of drug-likeness (QED) is 0.458. The number of carbonyl (C=O) groups excluding carboxylic acids is 1. The summed E-state index contributed by atoms with van der Waals surface area (Å²) in [4.78, 5) is 32.8. The molecule has 12 heteroatoms. The van der Waals surface area contributed by atoms with Gasteiger partial charge in [0.15, 0.2) is 12.4 Å². The number of amides is 1. The van der Waals surface area contributed by atoms with Crippen LogP contribution in [-0.4, -0.2) is 36.9 Å². The fourth-order valence-electron chi connectivity index (χ4n) is 1.98. The van der Waals surface area contributed by atoms with E-state index in [9.17, 15) is 28.1 Å². The van der Waals surface area contributed by atoms with Crippen LogP contribution in [0.1, 0.15) is 10.4 Å². The summed E-state index contributed by atoms with van der Waals surface area (Å²) < 4.78 is 27.4. The first-order valence-corrected chi connectivity index (χ1v) is 8.70. The standard InChI is InChI=1S/C15H13N3O8S/c16-27(24,25)11-4-2-10(3-5-11)17-14(19)8-26-13-6-1-9(15(20)21)7-12(13)18(22)23/h1-7H,8H2,(H,17,19)(H,20,21)(H2,16,24,25). The second-order valence-corrected chi connectivity index (χ2v) is 6.71. The number of carbonyl (C=O) groups is 2. The number of sulfonamides is 1. The van der Waals surface area contributed by atoms with Gasteiger partial charge in [0.1, 0.15) is 0 Å². The Kier molecular flexibility index (Phi) is 5.72. The topological polar surface area (TPSA) is 179 Å². The Morgan fingerprint density at radius 2 is 1.81 bits per heavy atom. The maximum atomic E-state index is 11.9. The molecule has 0 atom stereocenters. The van der Waals surface area contributed by atoms with Crippen molar-refractivity contribution in [3.05, 3.63) is 58.1 Å². The van der Waals surface area contributed by atoms with E-state index in [2.05, 4.69) is 5.32 Å². The lowest BCUT2D eigenvalue weighted by atomic mass is 10.2. The van der Waals surface area contributed by atoms with Crippen LogP contribution in [0.15, 0.2) is 47.4 Å². The van der Waals surface area contributed by atoms with E-state index in [1.54, 1.807) is 0 Å². The second-order valence-electron chi connectivity index (χ2n) is 5.15. The van der Waals surface area contributed by atoms with Gasteiger partial charge in [0.05, 0.1) is 15.4 Å². The number of nitrogens with zero attached hydrogens (tertiary/aromatic N) is 1. The number of nitro groups is 1. The Morgan fingerprint density at radius 3 is 2.33 bits per heavy atom. The molecule has 0 aliphatic heterocycles. The van der Waals surface area contributed by atoms with E-state index >= 15 is 0 Å². The number of ether oxygens (including phenoxy) is 1. The first-order valence-electron chi connectivity index (χ1n) is 7.15.